The van der Waals surface area contributed by atoms with Crippen LogP contribution in [0.5, 0.6) is 0 Å². The van der Waals surface area contributed by atoms with Crippen LogP contribution in [0.25, 0.3) is 0 Å². The second-order valence-electron chi connectivity index (χ2n) is 5.24. The SMILES string of the molecule is CCN1CCCC1CNC(N)=NCc1ccc(Cl)cc1Cl. The standard InChI is InChI=1S/C15H22Cl2N4/c1-2-21-7-3-4-13(21)10-20-15(18)19-9-11-5-6-12(16)8-14(11)17/h5-6,8,13H,2-4,7,9-10H2,1H3,(H3,18,19,20). The van der Waals surface area contributed by atoms with Gasteiger partial charge >= 0.3 is 0 Å². The number of nitrogens with one attached hydrogen (secondary N) is 1. The zero-order valence-corrected chi connectivity index (χ0v) is 13.8. The Balaban J connectivity index is 1.84. The third kappa shape index (κ3) is 4.77. The smallest absolute Gasteiger partial charge is 0.188 e. The summed E-state index contributed by atoms with van der Waals surface area (Å²) in [7, 11) is 0. The van der Waals surface area contributed by atoms with Crippen molar-refractivity contribution in [2.24, 2.45) is 10.7 Å². The molecule has 0 bridgehead atoms. The van der Waals surface area contributed by atoms with E-state index in [1.807, 2.05) is 6.07 Å². The number of likely N-dealkylation sites (N-methyl/N-ethyl adjacent to an activating group) is 1. The fourth-order valence-corrected chi connectivity index (χ4v) is 3.11. The molecule has 1 aliphatic heterocycles. The average Bonchev–Trinajstić information content (AvgIpc) is 2.91. The molecule has 0 aromatic heterocycles. The summed E-state index contributed by atoms with van der Waals surface area (Å²) in [5, 5.41) is 4.45. The lowest BCUT2D eigenvalue weighted by molar-refractivity contribution is 0.267. The summed E-state index contributed by atoms with van der Waals surface area (Å²) >= 11 is 12.0. The highest BCUT2D eigenvalue weighted by Crippen LogP contribution is 2.21. The van der Waals surface area contributed by atoms with E-state index in [-0.39, 0.29) is 0 Å². The Labute approximate surface area is 136 Å². The van der Waals surface area contributed by atoms with Crippen molar-refractivity contribution in [1.82, 2.24) is 10.2 Å². The van der Waals surface area contributed by atoms with Crippen molar-refractivity contribution >= 4 is 29.2 Å². The van der Waals surface area contributed by atoms with Crippen molar-refractivity contribution in [3.05, 3.63) is 33.8 Å². The first-order chi connectivity index (χ1) is 10.1. The molecule has 116 valence electrons. The van der Waals surface area contributed by atoms with E-state index in [2.05, 4.69) is 22.1 Å². The van der Waals surface area contributed by atoms with Crippen LogP contribution in [-0.4, -0.2) is 36.5 Å². The van der Waals surface area contributed by atoms with Gasteiger partial charge in [0, 0.05) is 22.6 Å². The van der Waals surface area contributed by atoms with E-state index in [0.29, 0.717) is 28.6 Å². The summed E-state index contributed by atoms with van der Waals surface area (Å²) in [5.74, 6) is 0.462. The maximum absolute atomic E-state index is 6.11. The van der Waals surface area contributed by atoms with Gasteiger partial charge in [-0.05, 0) is 43.6 Å². The number of likely N-dealkylation sites (tertiary alicyclic amines) is 1. The second kappa shape index (κ2) is 7.87. The minimum Gasteiger partial charge on any atom is -0.370 e. The van der Waals surface area contributed by atoms with Gasteiger partial charge in [0.1, 0.15) is 0 Å². The first-order valence-corrected chi connectivity index (χ1v) is 8.07. The van der Waals surface area contributed by atoms with Crippen molar-refractivity contribution in [2.45, 2.75) is 32.4 Å². The molecule has 21 heavy (non-hydrogen) atoms. The van der Waals surface area contributed by atoms with Gasteiger partial charge in [0.05, 0.1) is 6.54 Å². The molecule has 0 aliphatic carbocycles. The molecular weight excluding hydrogens is 307 g/mol. The normalized spacial score (nSPS) is 20.0. The molecule has 1 aliphatic rings. The summed E-state index contributed by atoms with van der Waals surface area (Å²) in [6, 6.07) is 5.95. The van der Waals surface area contributed by atoms with Crippen LogP contribution in [0.1, 0.15) is 25.3 Å². The topological polar surface area (TPSA) is 53.6 Å². The highest BCUT2D eigenvalue weighted by molar-refractivity contribution is 6.35. The molecule has 3 N–H and O–H groups in total. The molecule has 6 heteroatoms. The predicted molar refractivity (Wildman–Crippen MR) is 90.1 cm³/mol. The zero-order chi connectivity index (χ0) is 15.2. The van der Waals surface area contributed by atoms with Crippen LogP contribution in [0, 0.1) is 0 Å². The fraction of sp³-hybridized carbons (Fsp3) is 0.533. The molecule has 2 rings (SSSR count). The molecule has 1 saturated heterocycles. The summed E-state index contributed by atoms with van der Waals surface area (Å²) in [6.07, 6.45) is 2.48. The number of aliphatic imine (C=N–C) groups is 1. The van der Waals surface area contributed by atoms with Gasteiger partial charge in [-0.25, -0.2) is 4.99 Å². The summed E-state index contributed by atoms with van der Waals surface area (Å²) in [4.78, 5) is 6.80. The number of nitrogens with zero attached hydrogens (tertiary/aromatic N) is 2. The number of hydrogen-bond acceptors (Lipinski definition) is 2. The molecular formula is C15H22Cl2N4. The first-order valence-electron chi connectivity index (χ1n) is 7.32. The Morgan fingerprint density at radius 3 is 3.00 bits per heavy atom. The number of rotatable bonds is 5. The maximum atomic E-state index is 6.11. The molecule has 1 unspecified atom stereocenters. The summed E-state index contributed by atoms with van der Waals surface area (Å²) in [6.45, 7) is 5.76. The predicted octanol–water partition coefficient (Wildman–Crippen LogP) is 2.88. The Bertz CT molecular complexity index is 504. The van der Waals surface area contributed by atoms with E-state index in [0.717, 1.165) is 18.7 Å². The lowest BCUT2D eigenvalue weighted by Crippen LogP contribution is -2.42. The summed E-state index contributed by atoms with van der Waals surface area (Å²) in [5.41, 5.74) is 6.84. The van der Waals surface area contributed by atoms with E-state index in [1.165, 1.54) is 19.4 Å². The van der Waals surface area contributed by atoms with Gasteiger partial charge in [0.25, 0.3) is 0 Å². The van der Waals surface area contributed by atoms with Gasteiger partial charge in [0.15, 0.2) is 5.96 Å². The van der Waals surface area contributed by atoms with Crippen LogP contribution >= 0.6 is 23.2 Å². The van der Waals surface area contributed by atoms with Gasteiger partial charge < -0.3 is 11.1 Å². The van der Waals surface area contributed by atoms with Crippen LogP contribution in [0.3, 0.4) is 0 Å². The number of benzene rings is 1. The van der Waals surface area contributed by atoms with Gasteiger partial charge in [0.2, 0.25) is 0 Å². The number of halogens is 2. The molecule has 1 aromatic rings. The Kier molecular flexibility index (Phi) is 6.15. The fourth-order valence-electron chi connectivity index (χ4n) is 2.64. The van der Waals surface area contributed by atoms with Crippen molar-refractivity contribution in [1.29, 1.82) is 0 Å². The number of guanidine groups is 1. The Hall–Kier alpha value is -0.970. The van der Waals surface area contributed by atoms with Gasteiger partial charge in [-0.15, -0.1) is 0 Å². The molecule has 1 fully saturated rings. The third-order valence-electron chi connectivity index (χ3n) is 3.86. The van der Waals surface area contributed by atoms with Crippen LogP contribution in [-0.2, 0) is 6.54 Å². The van der Waals surface area contributed by atoms with Crippen LogP contribution in [0.15, 0.2) is 23.2 Å². The quantitative estimate of drug-likeness (QED) is 0.645. The molecule has 1 heterocycles. The van der Waals surface area contributed by atoms with Crippen LogP contribution < -0.4 is 11.1 Å². The Morgan fingerprint density at radius 2 is 2.29 bits per heavy atom. The second-order valence-corrected chi connectivity index (χ2v) is 6.09. The monoisotopic (exact) mass is 328 g/mol. The molecule has 0 amide bonds. The first kappa shape index (κ1) is 16.4. The van der Waals surface area contributed by atoms with Crippen molar-refractivity contribution in [3.8, 4) is 0 Å². The molecule has 1 atom stereocenters. The van der Waals surface area contributed by atoms with Gasteiger partial charge in [-0.1, -0.05) is 36.2 Å². The number of nitrogens with two attached hydrogens (primary N) is 1. The summed E-state index contributed by atoms with van der Waals surface area (Å²) < 4.78 is 0. The minimum atomic E-state index is 0.455. The molecule has 0 spiro atoms. The Morgan fingerprint density at radius 1 is 1.48 bits per heavy atom. The van der Waals surface area contributed by atoms with E-state index in [4.69, 9.17) is 28.9 Å². The molecule has 0 saturated carbocycles. The van der Waals surface area contributed by atoms with Crippen LogP contribution in [0.2, 0.25) is 10.0 Å². The van der Waals surface area contributed by atoms with Gasteiger partial charge in [-0.2, -0.15) is 0 Å². The van der Waals surface area contributed by atoms with E-state index >= 15 is 0 Å². The maximum Gasteiger partial charge on any atom is 0.188 e. The highest BCUT2D eigenvalue weighted by Gasteiger charge is 2.22. The van der Waals surface area contributed by atoms with E-state index in [1.54, 1.807) is 12.1 Å². The van der Waals surface area contributed by atoms with Crippen LogP contribution in [0.4, 0.5) is 0 Å². The zero-order valence-electron chi connectivity index (χ0n) is 12.3. The average molecular weight is 329 g/mol. The third-order valence-corrected chi connectivity index (χ3v) is 4.45. The molecule has 1 aromatic carbocycles. The minimum absolute atomic E-state index is 0.455. The van der Waals surface area contributed by atoms with Crippen molar-refractivity contribution in [3.63, 3.8) is 0 Å². The number of hydrogen-bond donors (Lipinski definition) is 2. The van der Waals surface area contributed by atoms with E-state index < -0.39 is 0 Å². The lowest BCUT2D eigenvalue weighted by Gasteiger charge is -2.23. The lowest BCUT2D eigenvalue weighted by atomic mass is 10.2. The van der Waals surface area contributed by atoms with Crippen molar-refractivity contribution in [2.75, 3.05) is 19.6 Å². The highest BCUT2D eigenvalue weighted by atomic mass is 35.5. The van der Waals surface area contributed by atoms with Gasteiger partial charge in [-0.3, -0.25) is 4.90 Å². The van der Waals surface area contributed by atoms with Crippen molar-refractivity contribution < 1.29 is 0 Å². The van der Waals surface area contributed by atoms with E-state index in [9.17, 15) is 0 Å². The largest absolute Gasteiger partial charge is 0.370 e. The molecule has 4 nitrogen and oxygen atoms in total. The molecule has 0 radical (unpaired) electrons.